The van der Waals surface area contributed by atoms with Crippen molar-refractivity contribution in [1.82, 2.24) is 0 Å². The molecule has 3 aromatic carbocycles. The summed E-state index contributed by atoms with van der Waals surface area (Å²) in [7, 11) is 0. The van der Waals surface area contributed by atoms with Crippen LogP contribution in [0.15, 0.2) is 72.8 Å². The van der Waals surface area contributed by atoms with Gasteiger partial charge in [0.25, 0.3) is 0 Å². The van der Waals surface area contributed by atoms with Gasteiger partial charge in [-0.2, -0.15) is 0 Å². The van der Waals surface area contributed by atoms with Crippen LogP contribution in [0.2, 0.25) is 0 Å². The van der Waals surface area contributed by atoms with Crippen LogP contribution in [-0.2, 0) is 5.67 Å². The summed E-state index contributed by atoms with van der Waals surface area (Å²) in [5, 5.41) is 0. The third kappa shape index (κ3) is 2.02. The zero-order valence-electron chi connectivity index (χ0n) is 12.2. The molecule has 2 heteroatoms. The van der Waals surface area contributed by atoms with E-state index in [0.29, 0.717) is 0 Å². The van der Waals surface area contributed by atoms with Gasteiger partial charge in [-0.1, -0.05) is 0 Å². The summed E-state index contributed by atoms with van der Waals surface area (Å²) in [4.78, 5) is 0. The third-order valence-electron chi connectivity index (χ3n) is 4.19. The first-order valence-electron chi connectivity index (χ1n) is 7.32. The molecule has 0 radical (unpaired) electrons. The molecule has 0 N–H and O–H groups in total. The maximum atomic E-state index is 16.4. The second-order valence-corrected chi connectivity index (χ2v) is 8.71. The van der Waals surface area contributed by atoms with E-state index in [1.165, 1.54) is 7.22 Å². The Labute approximate surface area is 140 Å². The molecule has 0 unspecified atom stereocenters. The normalized spacial score (nSPS) is 15.0. The number of hydrogen-bond acceptors (Lipinski definition) is 0. The van der Waals surface area contributed by atoms with Gasteiger partial charge in [-0.15, -0.1) is 0 Å². The van der Waals surface area contributed by atoms with Gasteiger partial charge in [0.15, 0.2) is 0 Å². The number of benzene rings is 3. The molecule has 1 heterocycles. The number of rotatable bonds is 1. The average molecular weight is 402 g/mol. The van der Waals surface area contributed by atoms with E-state index in [-0.39, 0.29) is 0 Å². The Balaban J connectivity index is 2.03. The molecule has 1 aliphatic rings. The minimum absolute atomic E-state index is 0.526. The van der Waals surface area contributed by atoms with E-state index in [9.17, 15) is 0 Å². The Hall–Kier alpha value is -1.62. The molecule has 0 nitrogen and oxygen atoms in total. The zero-order chi connectivity index (χ0) is 15.2. The number of fused-ring (bicyclic) bond motifs is 2. The van der Waals surface area contributed by atoms with Crippen molar-refractivity contribution < 1.29 is 4.39 Å². The van der Waals surface area contributed by atoms with Crippen LogP contribution in [0.25, 0.3) is 0 Å². The zero-order valence-corrected chi connectivity index (χ0v) is 14.5. The maximum absolute atomic E-state index is 16.4. The van der Waals surface area contributed by atoms with Gasteiger partial charge in [0.1, 0.15) is 0 Å². The molecule has 0 atom stereocenters. The summed E-state index contributed by atoms with van der Waals surface area (Å²) in [5.41, 5.74) is 2.01. The topological polar surface area (TPSA) is 0 Å². The molecule has 0 amide bonds. The molecule has 0 saturated carbocycles. The molecule has 0 bridgehead atoms. The molecule has 0 spiro atoms. The van der Waals surface area contributed by atoms with Gasteiger partial charge >= 0.3 is 140 Å². The fourth-order valence-electron chi connectivity index (χ4n) is 3.04. The minimum atomic E-state index is -1.54. The van der Waals surface area contributed by atoms with Crippen molar-refractivity contribution in [2.24, 2.45) is 0 Å². The molecule has 0 aliphatic carbocycles. The fraction of sp³-hybridized carbons (Fsp3) is 0.100. The van der Waals surface area contributed by atoms with Gasteiger partial charge in [0.2, 0.25) is 0 Å². The quantitative estimate of drug-likeness (QED) is 0.549. The summed E-state index contributed by atoms with van der Waals surface area (Å²) in [6.07, 6.45) is 0. The molecule has 3 aromatic rings. The molecule has 108 valence electrons. The Morgan fingerprint density at radius 1 is 0.727 bits per heavy atom. The van der Waals surface area contributed by atoms with E-state index >= 15 is 4.39 Å². The Bertz CT molecular complexity index is 791. The molecule has 1 aliphatic heterocycles. The fourth-order valence-corrected chi connectivity index (χ4v) is 6.37. The van der Waals surface area contributed by atoms with E-state index in [1.807, 2.05) is 67.6 Å². The summed E-state index contributed by atoms with van der Waals surface area (Å²) in [5.74, 6) is 0. The molecule has 22 heavy (non-hydrogen) atoms. The third-order valence-corrected chi connectivity index (χ3v) is 7.47. The van der Waals surface area contributed by atoms with Gasteiger partial charge in [-0.3, -0.25) is 0 Å². The summed E-state index contributed by atoms with van der Waals surface area (Å²) in [6, 6.07) is 23.9. The molecular weight excluding hydrogens is 387 g/mol. The van der Waals surface area contributed by atoms with E-state index in [2.05, 4.69) is 12.1 Å². The van der Waals surface area contributed by atoms with Crippen LogP contribution in [0.4, 0.5) is 4.39 Å². The number of alkyl halides is 1. The van der Waals surface area contributed by atoms with Gasteiger partial charge in [-0.05, 0) is 0 Å². The standard InChI is InChI=1S/C20H15FTe/c1-14-10-12-15(13-11-14)20(21)16-6-2-4-8-18(16)22-19-9-5-3-7-17(19)20/h2-13H,1H3. The number of hydrogen-bond donors (Lipinski definition) is 0. The van der Waals surface area contributed by atoms with Gasteiger partial charge in [-0.25, -0.2) is 0 Å². The molecule has 0 aromatic heterocycles. The molecular formula is C20H15FTe. The van der Waals surface area contributed by atoms with Crippen LogP contribution in [0.1, 0.15) is 22.3 Å². The van der Waals surface area contributed by atoms with Crippen LogP contribution < -0.4 is 7.22 Å². The predicted molar refractivity (Wildman–Crippen MR) is 90.1 cm³/mol. The van der Waals surface area contributed by atoms with Crippen molar-refractivity contribution in [3.63, 3.8) is 0 Å². The van der Waals surface area contributed by atoms with Crippen LogP contribution >= 0.6 is 0 Å². The van der Waals surface area contributed by atoms with Crippen molar-refractivity contribution in [3.8, 4) is 0 Å². The first kappa shape index (κ1) is 14.0. The van der Waals surface area contributed by atoms with Crippen LogP contribution in [-0.4, -0.2) is 20.9 Å². The Morgan fingerprint density at radius 3 is 1.77 bits per heavy atom. The first-order chi connectivity index (χ1) is 10.7. The molecule has 4 rings (SSSR count). The van der Waals surface area contributed by atoms with Crippen molar-refractivity contribution in [3.05, 3.63) is 95.1 Å². The Kier molecular flexibility index (Phi) is 3.33. The van der Waals surface area contributed by atoms with Gasteiger partial charge < -0.3 is 0 Å². The van der Waals surface area contributed by atoms with Gasteiger partial charge in [0, 0.05) is 0 Å². The first-order valence-corrected chi connectivity index (χ1v) is 9.65. The van der Waals surface area contributed by atoms with Crippen molar-refractivity contribution in [1.29, 1.82) is 0 Å². The van der Waals surface area contributed by atoms with Crippen LogP contribution in [0.5, 0.6) is 0 Å². The predicted octanol–water partition coefficient (Wildman–Crippen LogP) is 3.22. The van der Waals surface area contributed by atoms with E-state index < -0.39 is 26.6 Å². The number of halogens is 1. The van der Waals surface area contributed by atoms with E-state index in [1.54, 1.807) is 0 Å². The molecule has 0 saturated heterocycles. The van der Waals surface area contributed by atoms with E-state index in [4.69, 9.17) is 0 Å². The second-order valence-electron chi connectivity index (χ2n) is 5.62. The SMILES string of the molecule is Cc1ccc(C2(F)c3ccccc3[Te]c3ccccc32)cc1. The van der Waals surface area contributed by atoms with Gasteiger partial charge in [0.05, 0.1) is 0 Å². The molecule has 0 fully saturated rings. The van der Waals surface area contributed by atoms with Crippen molar-refractivity contribution in [2.45, 2.75) is 12.6 Å². The van der Waals surface area contributed by atoms with Crippen molar-refractivity contribution >= 4 is 28.1 Å². The second kappa shape index (κ2) is 5.23. The van der Waals surface area contributed by atoms with Crippen LogP contribution in [0.3, 0.4) is 0 Å². The van der Waals surface area contributed by atoms with Crippen molar-refractivity contribution in [2.75, 3.05) is 0 Å². The van der Waals surface area contributed by atoms with Crippen LogP contribution in [0, 0.1) is 6.92 Å². The summed E-state index contributed by atoms with van der Waals surface area (Å²) < 4.78 is 18.8. The van der Waals surface area contributed by atoms with E-state index in [0.717, 1.165) is 22.3 Å². The average Bonchev–Trinajstić information content (AvgIpc) is 2.56. The monoisotopic (exact) mass is 404 g/mol. The summed E-state index contributed by atoms with van der Waals surface area (Å²) in [6.45, 7) is 2.03. The Morgan fingerprint density at radius 2 is 1.23 bits per heavy atom. The summed E-state index contributed by atoms with van der Waals surface area (Å²) >= 11 is -0.526. The number of aryl methyl sites for hydroxylation is 1.